The second kappa shape index (κ2) is 7.91. The molecule has 2 aromatic carbocycles. The Morgan fingerprint density at radius 1 is 1.32 bits per heavy atom. The van der Waals surface area contributed by atoms with Crippen LogP contribution in [0, 0.1) is 24.0 Å². The van der Waals surface area contributed by atoms with Gasteiger partial charge >= 0.3 is 0 Å². The van der Waals surface area contributed by atoms with Gasteiger partial charge in [-0.3, -0.25) is 14.9 Å². The number of nitrogens with one attached hydrogen (secondary N) is 1. The molecule has 2 rings (SSSR count). The number of ether oxygens (including phenoxy) is 1. The molecule has 0 aromatic heterocycles. The Kier molecular flexibility index (Phi) is 5.67. The van der Waals surface area contributed by atoms with Crippen molar-refractivity contribution in [2.24, 2.45) is 5.10 Å². The van der Waals surface area contributed by atoms with E-state index < -0.39 is 10.8 Å². The van der Waals surface area contributed by atoms with E-state index in [0.29, 0.717) is 5.75 Å². The standard InChI is InChI=1S/C17H17N3O5/c1-11-3-6-16(12(2)7-11)25-10-17(22)19-18-9-13-8-14(20(23)24)4-5-15(13)21/h3-9,21H,10H2,1-2H3,(H,19,22)/b18-9-. The summed E-state index contributed by atoms with van der Waals surface area (Å²) in [6, 6.07) is 9.10. The molecule has 8 heteroatoms. The van der Waals surface area contributed by atoms with Gasteiger partial charge in [-0.05, 0) is 31.5 Å². The third kappa shape index (κ3) is 5.03. The molecule has 25 heavy (non-hydrogen) atoms. The van der Waals surface area contributed by atoms with Crippen molar-refractivity contribution in [3.8, 4) is 11.5 Å². The molecule has 0 radical (unpaired) electrons. The van der Waals surface area contributed by atoms with Crippen LogP contribution in [0.2, 0.25) is 0 Å². The van der Waals surface area contributed by atoms with Crippen LogP contribution in [0.25, 0.3) is 0 Å². The molecule has 0 bridgehead atoms. The number of amides is 1. The second-order valence-corrected chi connectivity index (χ2v) is 5.35. The Hall–Kier alpha value is -3.42. The highest BCUT2D eigenvalue weighted by Gasteiger charge is 2.09. The molecule has 0 atom stereocenters. The van der Waals surface area contributed by atoms with Crippen LogP contribution in [-0.2, 0) is 4.79 Å². The molecule has 0 saturated carbocycles. The number of rotatable bonds is 6. The van der Waals surface area contributed by atoms with Gasteiger partial charge in [0, 0.05) is 17.7 Å². The summed E-state index contributed by atoms with van der Waals surface area (Å²) in [4.78, 5) is 21.8. The number of non-ortho nitro benzene ring substituents is 1. The zero-order valence-electron chi connectivity index (χ0n) is 13.7. The molecular weight excluding hydrogens is 326 g/mol. The Balaban J connectivity index is 1.92. The number of nitro benzene ring substituents is 1. The molecular formula is C17H17N3O5. The van der Waals surface area contributed by atoms with Crippen molar-refractivity contribution in [2.45, 2.75) is 13.8 Å². The van der Waals surface area contributed by atoms with Crippen molar-refractivity contribution in [2.75, 3.05) is 6.61 Å². The van der Waals surface area contributed by atoms with Gasteiger partial charge in [-0.2, -0.15) is 5.10 Å². The van der Waals surface area contributed by atoms with Gasteiger partial charge in [0.1, 0.15) is 11.5 Å². The van der Waals surface area contributed by atoms with Crippen LogP contribution < -0.4 is 10.2 Å². The minimum atomic E-state index is -0.590. The molecule has 130 valence electrons. The number of benzene rings is 2. The van der Waals surface area contributed by atoms with E-state index in [0.717, 1.165) is 23.4 Å². The Bertz CT molecular complexity index is 833. The Labute approximate surface area is 143 Å². The lowest BCUT2D eigenvalue weighted by atomic mass is 10.1. The van der Waals surface area contributed by atoms with E-state index >= 15 is 0 Å². The summed E-state index contributed by atoms with van der Waals surface area (Å²) in [5, 5.41) is 24.0. The molecule has 8 nitrogen and oxygen atoms in total. The van der Waals surface area contributed by atoms with Crippen molar-refractivity contribution in [3.63, 3.8) is 0 Å². The highest BCUT2D eigenvalue weighted by atomic mass is 16.6. The molecule has 0 spiro atoms. The van der Waals surface area contributed by atoms with Gasteiger partial charge in [0.2, 0.25) is 0 Å². The summed E-state index contributed by atoms with van der Waals surface area (Å²) < 4.78 is 5.41. The normalized spacial score (nSPS) is 10.6. The summed E-state index contributed by atoms with van der Waals surface area (Å²) in [6.45, 7) is 3.60. The van der Waals surface area contributed by atoms with Gasteiger partial charge in [-0.25, -0.2) is 5.43 Å². The number of carbonyl (C=O) groups excluding carboxylic acids is 1. The fourth-order valence-electron chi connectivity index (χ4n) is 2.07. The highest BCUT2D eigenvalue weighted by molar-refractivity contribution is 5.86. The third-order valence-corrected chi connectivity index (χ3v) is 3.30. The Morgan fingerprint density at radius 3 is 2.76 bits per heavy atom. The van der Waals surface area contributed by atoms with E-state index in [4.69, 9.17) is 4.74 Å². The molecule has 0 unspecified atom stereocenters. The van der Waals surface area contributed by atoms with Gasteiger partial charge in [-0.1, -0.05) is 17.7 Å². The van der Waals surface area contributed by atoms with E-state index in [1.807, 2.05) is 26.0 Å². The molecule has 0 aliphatic rings. The van der Waals surface area contributed by atoms with Gasteiger partial charge in [0.25, 0.3) is 11.6 Å². The topological polar surface area (TPSA) is 114 Å². The second-order valence-electron chi connectivity index (χ2n) is 5.35. The number of hydrazone groups is 1. The van der Waals surface area contributed by atoms with Crippen LogP contribution in [0.4, 0.5) is 5.69 Å². The van der Waals surface area contributed by atoms with Crippen LogP contribution >= 0.6 is 0 Å². The average Bonchev–Trinajstić information content (AvgIpc) is 2.55. The first-order chi connectivity index (χ1) is 11.9. The zero-order valence-corrected chi connectivity index (χ0v) is 13.7. The van der Waals surface area contributed by atoms with Crippen LogP contribution in [0.3, 0.4) is 0 Å². The van der Waals surface area contributed by atoms with Gasteiger partial charge < -0.3 is 9.84 Å². The predicted molar refractivity (Wildman–Crippen MR) is 91.9 cm³/mol. The molecule has 1 amide bonds. The molecule has 2 N–H and O–H groups in total. The van der Waals surface area contributed by atoms with Crippen LogP contribution in [-0.4, -0.2) is 28.8 Å². The fourth-order valence-corrected chi connectivity index (χ4v) is 2.07. The van der Waals surface area contributed by atoms with E-state index in [1.54, 1.807) is 6.07 Å². The van der Waals surface area contributed by atoms with Crippen LogP contribution in [0.15, 0.2) is 41.5 Å². The van der Waals surface area contributed by atoms with E-state index in [-0.39, 0.29) is 23.6 Å². The lowest BCUT2D eigenvalue weighted by Crippen LogP contribution is -2.24. The molecule has 0 heterocycles. The lowest BCUT2D eigenvalue weighted by Gasteiger charge is -2.08. The lowest BCUT2D eigenvalue weighted by molar-refractivity contribution is -0.384. The number of phenolic OH excluding ortho intramolecular Hbond substituents is 1. The highest BCUT2D eigenvalue weighted by Crippen LogP contribution is 2.21. The monoisotopic (exact) mass is 343 g/mol. The summed E-state index contributed by atoms with van der Waals surface area (Å²) in [7, 11) is 0. The summed E-state index contributed by atoms with van der Waals surface area (Å²) in [5.41, 5.74) is 4.17. The molecule has 0 aliphatic heterocycles. The Morgan fingerprint density at radius 2 is 2.08 bits per heavy atom. The number of carbonyl (C=O) groups is 1. The third-order valence-electron chi connectivity index (χ3n) is 3.30. The first-order valence-electron chi connectivity index (χ1n) is 7.36. The number of nitro groups is 1. The molecule has 0 fully saturated rings. The maximum atomic E-state index is 11.7. The number of hydrogen-bond acceptors (Lipinski definition) is 6. The van der Waals surface area contributed by atoms with Gasteiger partial charge in [0.05, 0.1) is 11.1 Å². The van der Waals surface area contributed by atoms with E-state index in [1.165, 1.54) is 12.1 Å². The van der Waals surface area contributed by atoms with Crippen LogP contribution in [0.5, 0.6) is 11.5 Å². The van der Waals surface area contributed by atoms with E-state index in [2.05, 4.69) is 10.5 Å². The maximum Gasteiger partial charge on any atom is 0.277 e. The van der Waals surface area contributed by atoms with Crippen molar-refractivity contribution in [1.29, 1.82) is 0 Å². The molecule has 0 saturated heterocycles. The fraction of sp³-hybridized carbons (Fsp3) is 0.176. The predicted octanol–water partition coefficient (Wildman–Crippen LogP) is 2.45. The number of nitrogens with zero attached hydrogens (tertiary/aromatic N) is 2. The first kappa shape index (κ1) is 17.9. The minimum absolute atomic E-state index is 0.116. The van der Waals surface area contributed by atoms with Gasteiger partial charge in [-0.15, -0.1) is 0 Å². The minimum Gasteiger partial charge on any atom is -0.507 e. The number of phenols is 1. The number of aromatic hydroxyl groups is 1. The SMILES string of the molecule is Cc1ccc(OCC(=O)N/N=C\c2cc([N+](=O)[O-])ccc2O)c(C)c1. The summed E-state index contributed by atoms with van der Waals surface area (Å²) >= 11 is 0. The van der Waals surface area contributed by atoms with Crippen LogP contribution in [0.1, 0.15) is 16.7 Å². The molecule has 0 aliphatic carbocycles. The van der Waals surface area contributed by atoms with Crippen molar-refractivity contribution < 1.29 is 19.6 Å². The van der Waals surface area contributed by atoms with Crippen molar-refractivity contribution in [3.05, 3.63) is 63.2 Å². The van der Waals surface area contributed by atoms with Gasteiger partial charge in [0.15, 0.2) is 6.61 Å². The zero-order chi connectivity index (χ0) is 18.4. The van der Waals surface area contributed by atoms with Crippen molar-refractivity contribution >= 4 is 17.8 Å². The number of hydrogen-bond donors (Lipinski definition) is 2. The number of aryl methyl sites for hydroxylation is 2. The molecule has 2 aromatic rings. The summed E-state index contributed by atoms with van der Waals surface area (Å²) in [5.74, 6) is -0.0858. The van der Waals surface area contributed by atoms with Crippen molar-refractivity contribution in [1.82, 2.24) is 5.43 Å². The average molecular weight is 343 g/mol. The maximum absolute atomic E-state index is 11.7. The first-order valence-corrected chi connectivity index (χ1v) is 7.36. The van der Waals surface area contributed by atoms with E-state index in [9.17, 15) is 20.0 Å². The smallest absolute Gasteiger partial charge is 0.277 e. The summed E-state index contributed by atoms with van der Waals surface area (Å²) in [6.07, 6.45) is 1.12. The quantitative estimate of drug-likeness (QED) is 0.475. The largest absolute Gasteiger partial charge is 0.507 e.